The fourth-order valence-corrected chi connectivity index (χ4v) is 3.68. The Morgan fingerprint density at radius 3 is 1.91 bits per heavy atom. The molecular weight excluding hydrogens is 444 g/mol. The molecule has 12 nitrogen and oxygen atoms in total. The molecule has 0 unspecified atom stereocenters. The van der Waals surface area contributed by atoms with Crippen LogP contribution < -0.4 is 10.3 Å². The second kappa shape index (κ2) is 9.03. The Bertz CT molecular complexity index is 1310. The van der Waals surface area contributed by atoms with Gasteiger partial charge in [-0.3, -0.25) is 25.5 Å². The van der Waals surface area contributed by atoms with E-state index in [1.54, 1.807) is 18.2 Å². The molecule has 0 aliphatic carbocycles. The first-order valence-corrected chi connectivity index (χ1v) is 10.1. The Morgan fingerprint density at radius 1 is 0.794 bits per heavy atom. The van der Waals surface area contributed by atoms with Crippen LogP contribution in [0.1, 0.15) is 28.9 Å². The maximum absolute atomic E-state index is 12.0. The van der Waals surface area contributed by atoms with Gasteiger partial charge in [0.1, 0.15) is 6.04 Å². The number of amidine groups is 1. The minimum absolute atomic E-state index is 0.154. The maximum Gasteiger partial charge on any atom is 0.385 e. The Labute approximate surface area is 192 Å². The molecule has 0 saturated carbocycles. The quantitative estimate of drug-likeness (QED) is 0.435. The van der Waals surface area contributed by atoms with Crippen LogP contribution in [0.2, 0.25) is 0 Å². The van der Waals surface area contributed by atoms with Gasteiger partial charge in [0.05, 0.1) is 20.6 Å². The Morgan fingerprint density at radius 2 is 1.35 bits per heavy atom. The average molecular weight is 462 g/mol. The number of nitrogens with zero attached hydrogens (tertiary/aromatic N) is 5. The molecule has 0 radical (unpaired) electrons. The number of non-ortho nitro benzene ring substituents is 2. The third kappa shape index (κ3) is 4.42. The van der Waals surface area contributed by atoms with Gasteiger partial charge in [-0.1, -0.05) is 42.0 Å². The van der Waals surface area contributed by atoms with Crippen molar-refractivity contribution in [3.05, 3.63) is 120 Å². The van der Waals surface area contributed by atoms with Crippen molar-refractivity contribution < 1.29 is 14.8 Å². The van der Waals surface area contributed by atoms with E-state index in [1.807, 2.05) is 19.1 Å². The van der Waals surface area contributed by atoms with Crippen molar-refractivity contribution in [3.8, 4) is 0 Å². The van der Waals surface area contributed by atoms with E-state index in [0.717, 1.165) is 5.56 Å². The van der Waals surface area contributed by atoms with Crippen LogP contribution in [-0.2, 0) is 0 Å². The zero-order valence-electron chi connectivity index (χ0n) is 17.8. The predicted octanol–water partition coefficient (Wildman–Crippen LogP) is 4.25. The highest BCUT2D eigenvalue weighted by Gasteiger charge is 2.42. The highest BCUT2D eigenvalue weighted by atomic mass is 16.6. The number of aryl methyl sites for hydroxylation is 1. The molecule has 172 valence electrons. The summed E-state index contributed by atoms with van der Waals surface area (Å²) in [5.74, 6) is -0.470. The van der Waals surface area contributed by atoms with Gasteiger partial charge >= 0.3 is 5.84 Å². The number of anilines is 1. The third-order valence-corrected chi connectivity index (χ3v) is 5.33. The van der Waals surface area contributed by atoms with E-state index in [1.165, 1.54) is 47.5 Å². The van der Waals surface area contributed by atoms with Gasteiger partial charge in [0.15, 0.2) is 6.17 Å². The highest BCUT2D eigenvalue weighted by molar-refractivity contribution is 5.84. The van der Waals surface area contributed by atoms with E-state index in [0.29, 0.717) is 11.3 Å². The van der Waals surface area contributed by atoms with Gasteiger partial charge in [-0.25, -0.2) is 0 Å². The van der Waals surface area contributed by atoms with E-state index in [-0.39, 0.29) is 16.9 Å². The van der Waals surface area contributed by atoms with Crippen LogP contribution in [0, 0.1) is 37.3 Å². The van der Waals surface area contributed by atoms with Crippen molar-refractivity contribution in [3.63, 3.8) is 0 Å². The van der Waals surface area contributed by atoms with Gasteiger partial charge in [0.2, 0.25) is 0 Å². The zero-order chi connectivity index (χ0) is 24.4. The highest BCUT2D eigenvalue weighted by Crippen LogP contribution is 2.35. The van der Waals surface area contributed by atoms with Crippen LogP contribution in [0.3, 0.4) is 0 Å². The van der Waals surface area contributed by atoms with Crippen molar-refractivity contribution in [1.29, 1.82) is 0 Å². The molecule has 0 bridgehead atoms. The first kappa shape index (κ1) is 22.5. The van der Waals surface area contributed by atoms with Gasteiger partial charge in [0.25, 0.3) is 11.4 Å². The topological polar surface area (TPSA) is 157 Å². The summed E-state index contributed by atoms with van der Waals surface area (Å²) in [5.41, 5.74) is 1.81. The van der Waals surface area contributed by atoms with Crippen LogP contribution in [-0.4, -0.2) is 20.6 Å². The molecule has 3 aromatic rings. The molecule has 0 fully saturated rings. The molecule has 4 rings (SSSR count). The van der Waals surface area contributed by atoms with Crippen molar-refractivity contribution in [2.75, 3.05) is 5.01 Å². The number of benzene rings is 3. The second-order valence-electron chi connectivity index (χ2n) is 7.60. The van der Waals surface area contributed by atoms with Gasteiger partial charge in [0, 0.05) is 24.3 Å². The van der Waals surface area contributed by atoms with E-state index >= 15 is 0 Å². The standard InChI is InChI=1S/C22H18N6O6/c1-14-8-10-17(11-9-14)25-21(16-5-3-7-19(13-16)27(31)32)23-20(22(24-25)28(33)34)15-4-2-6-18(12-15)26(29)30/h2-13,20-21,23H,1H3/t20-,21-/m0/s1. The van der Waals surface area contributed by atoms with Crippen molar-refractivity contribution in [2.24, 2.45) is 5.10 Å². The Hall–Kier alpha value is -4.71. The fourth-order valence-electron chi connectivity index (χ4n) is 3.68. The summed E-state index contributed by atoms with van der Waals surface area (Å²) >= 11 is 0. The third-order valence-electron chi connectivity index (χ3n) is 5.33. The number of nitro groups is 3. The Kier molecular flexibility index (Phi) is 5.97. The molecule has 1 aliphatic heterocycles. The van der Waals surface area contributed by atoms with E-state index in [9.17, 15) is 30.3 Å². The molecule has 0 spiro atoms. The molecular formula is C22H18N6O6. The van der Waals surface area contributed by atoms with Crippen LogP contribution in [0.4, 0.5) is 17.1 Å². The summed E-state index contributed by atoms with van der Waals surface area (Å²) < 4.78 is 0. The molecule has 0 aromatic heterocycles. The lowest BCUT2D eigenvalue weighted by molar-refractivity contribution is -0.385. The molecule has 2 atom stereocenters. The fraction of sp³-hybridized carbons (Fsp3) is 0.136. The molecule has 12 heteroatoms. The first-order chi connectivity index (χ1) is 16.2. The predicted molar refractivity (Wildman–Crippen MR) is 123 cm³/mol. The number of hydrogen-bond acceptors (Lipinski definition) is 9. The molecule has 1 aliphatic rings. The van der Waals surface area contributed by atoms with E-state index in [2.05, 4.69) is 10.4 Å². The van der Waals surface area contributed by atoms with Gasteiger partial charge in [-0.05, 0) is 35.1 Å². The largest absolute Gasteiger partial charge is 0.385 e. The van der Waals surface area contributed by atoms with Crippen molar-refractivity contribution in [2.45, 2.75) is 19.1 Å². The minimum Gasteiger partial charge on any atom is -0.358 e. The number of hydrogen-bond donors (Lipinski definition) is 1. The van der Waals surface area contributed by atoms with Crippen LogP contribution in [0.25, 0.3) is 0 Å². The number of hydrazone groups is 1. The lowest BCUT2D eigenvalue weighted by Crippen LogP contribution is -2.48. The molecule has 0 amide bonds. The first-order valence-electron chi connectivity index (χ1n) is 10.1. The Balaban J connectivity index is 1.88. The van der Waals surface area contributed by atoms with Crippen LogP contribution in [0.15, 0.2) is 77.9 Å². The van der Waals surface area contributed by atoms with Crippen molar-refractivity contribution in [1.82, 2.24) is 5.32 Å². The number of nitro benzene ring substituents is 2. The van der Waals surface area contributed by atoms with E-state index in [4.69, 9.17) is 0 Å². The SMILES string of the molecule is Cc1ccc(N2N=C([N+](=O)[O-])[C@H](c3cccc([N+](=O)[O-])c3)N[C@@H]2c2cccc([N+](=O)[O-])c2)cc1. The molecule has 1 N–H and O–H groups in total. The minimum atomic E-state index is -1.11. The normalized spacial score (nSPS) is 17.7. The van der Waals surface area contributed by atoms with Crippen LogP contribution >= 0.6 is 0 Å². The van der Waals surface area contributed by atoms with E-state index < -0.39 is 32.8 Å². The van der Waals surface area contributed by atoms with Gasteiger partial charge < -0.3 is 10.1 Å². The number of nitrogens with one attached hydrogen (secondary N) is 1. The van der Waals surface area contributed by atoms with Gasteiger partial charge in [-0.2, -0.15) is 5.01 Å². The van der Waals surface area contributed by atoms with Gasteiger partial charge in [-0.15, -0.1) is 0 Å². The molecule has 34 heavy (non-hydrogen) atoms. The lowest BCUT2D eigenvalue weighted by Gasteiger charge is -2.33. The number of rotatable bonds is 5. The summed E-state index contributed by atoms with van der Waals surface area (Å²) in [5, 5.41) is 43.4. The average Bonchev–Trinajstić information content (AvgIpc) is 2.84. The molecule has 0 saturated heterocycles. The summed E-state index contributed by atoms with van der Waals surface area (Å²) in [7, 11) is 0. The summed E-state index contributed by atoms with van der Waals surface area (Å²) in [6.07, 6.45) is -0.837. The van der Waals surface area contributed by atoms with Crippen LogP contribution in [0.5, 0.6) is 0 Å². The smallest absolute Gasteiger partial charge is 0.358 e. The maximum atomic E-state index is 12.0. The lowest BCUT2D eigenvalue weighted by atomic mass is 10.0. The summed E-state index contributed by atoms with van der Waals surface area (Å²) in [6.45, 7) is 1.89. The molecule has 3 aromatic carbocycles. The molecule has 1 heterocycles. The summed E-state index contributed by atoms with van der Waals surface area (Å²) in [6, 6.07) is 17.3. The van der Waals surface area contributed by atoms with Crippen molar-refractivity contribution >= 4 is 22.9 Å². The zero-order valence-corrected chi connectivity index (χ0v) is 17.8. The summed E-state index contributed by atoms with van der Waals surface area (Å²) in [4.78, 5) is 32.8. The monoisotopic (exact) mass is 462 g/mol. The second-order valence-corrected chi connectivity index (χ2v) is 7.60.